The molecule has 1 fully saturated rings. The van der Waals surface area contributed by atoms with E-state index in [1.54, 1.807) is 31.4 Å². The molecule has 0 saturated carbocycles. The van der Waals surface area contributed by atoms with Gasteiger partial charge < -0.3 is 15.0 Å². The fourth-order valence-electron chi connectivity index (χ4n) is 3.56. The minimum atomic E-state index is -3.51. The van der Waals surface area contributed by atoms with Crippen LogP contribution in [0, 0.1) is 0 Å². The lowest BCUT2D eigenvalue weighted by atomic mass is 10.0. The molecule has 0 spiro atoms. The molecule has 1 saturated heterocycles. The van der Waals surface area contributed by atoms with Crippen molar-refractivity contribution in [3.8, 4) is 5.75 Å². The molecule has 8 heteroatoms. The molecule has 0 atom stereocenters. The van der Waals surface area contributed by atoms with Crippen molar-refractivity contribution < 1.29 is 22.8 Å². The van der Waals surface area contributed by atoms with E-state index >= 15 is 0 Å². The lowest BCUT2D eigenvalue weighted by Gasteiger charge is -2.31. The number of nitrogens with one attached hydrogen (secondary N) is 2. The number of nitrogens with zero attached hydrogens (tertiary/aromatic N) is 1. The maximum absolute atomic E-state index is 12.9. The Hall–Kier alpha value is -2.42. The molecule has 7 nitrogen and oxygen atoms in total. The van der Waals surface area contributed by atoms with E-state index in [1.807, 2.05) is 24.3 Å². The van der Waals surface area contributed by atoms with Gasteiger partial charge in [0.05, 0.1) is 43.9 Å². The van der Waals surface area contributed by atoms with E-state index < -0.39 is 10.0 Å². The maximum Gasteiger partial charge on any atom is 0.279 e. The number of quaternary nitrogens is 1. The van der Waals surface area contributed by atoms with Gasteiger partial charge in [-0.05, 0) is 35.7 Å². The molecule has 0 aliphatic carbocycles. The number of methoxy groups -OCH3 is 1. The third-order valence-electron chi connectivity index (χ3n) is 5.41. The molecule has 30 heavy (non-hydrogen) atoms. The van der Waals surface area contributed by atoms with Gasteiger partial charge in [0.25, 0.3) is 5.91 Å². The molecule has 2 aromatic carbocycles. The third kappa shape index (κ3) is 5.19. The highest BCUT2D eigenvalue weighted by Gasteiger charge is 2.31. The number of benzene rings is 2. The topological polar surface area (TPSA) is 80.2 Å². The van der Waals surface area contributed by atoms with Gasteiger partial charge >= 0.3 is 0 Å². The summed E-state index contributed by atoms with van der Waals surface area (Å²) in [6, 6.07) is 14.4. The molecule has 3 rings (SSSR count). The number of carbonyl (C=O) groups is 1. The van der Waals surface area contributed by atoms with Crippen molar-refractivity contribution in [1.29, 1.82) is 0 Å². The van der Waals surface area contributed by atoms with E-state index in [0.717, 1.165) is 10.5 Å². The van der Waals surface area contributed by atoms with Crippen molar-refractivity contribution in [3.63, 3.8) is 0 Å². The summed E-state index contributed by atoms with van der Waals surface area (Å²) in [7, 11) is -1.95. The zero-order chi connectivity index (χ0) is 21.7. The second kappa shape index (κ2) is 9.59. The van der Waals surface area contributed by atoms with Gasteiger partial charge in [-0.25, -0.2) is 8.42 Å². The molecule has 0 radical (unpaired) electrons. The minimum absolute atomic E-state index is 0.116. The number of sulfonamides is 1. The van der Waals surface area contributed by atoms with Gasteiger partial charge in [-0.1, -0.05) is 38.1 Å². The number of amides is 1. The van der Waals surface area contributed by atoms with Crippen LogP contribution < -0.4 is 15.0 Å². The van der Waals surface area contributed by atoms with Crippen LogP contribution in [0.15, 0.2) is 53.4 Å². The van der Waals surface area contributed by atoms with Gasteiger partial charge in [-0.3, -0.25) is 4.79 Å². The van der Waals surface area contributed by atoms with E-state index in [1.165, 1.54) is 4.31 Å². The number of piperazine rings is 1. The van der Waals surface area contributed by atoms with Gasteiger partial charge in [0.15, 0.2) is 6.54 Å². The summed E-state index contributed by atoms with van der Waals surface area (Å²) >= 11 is 0. The molecule has 0 bridgehead atoms. The number of hydrogen-bond acceptors (Lipinski definition) is 4. The monoisotopic (exact) mass is 432 g/mol. The molecule has 0 unspecified atom stereocenters. The Balaban J connectivity index is 1.55. The van der Waals surface area contributed by atoms with E-state index in [4.69, 9.17) is 4.74 Å². The molecule has 1 amide bonds. The van der Waals surface area contributed by atoms with Crippen LogP contribution in [0.4, 0.5) is 5.69 Å². The Labute approximate surface area is 178 Å². The first-order valence-corrected chi connectivity index (χ1v) is 11.6. The summed E-state index contributed by atoms with van der Waals surface area (Å²) in [5, 5.41) is 2.87. The SMILES string of the molecule is COc1ccccc1NC(=O)C[NH+]1CCN(S(=O)(=O)c2ccc(C(C)C)cc2)CC1. The molecular formula is C22H30N3O4S+. The molecule has 162 valence electrons. The van der Waals surface area contributed by atoms with Crippen LogP contribution in [0.5, 0.6) is 5.75 Å². The normalized spacial score (nSPS) is 15.9. The number of carbonyl (C=O) groups excluding carboxylic acids is 1. The average Bonchev–Trinajstić information content (AvgIpc) is 2.74. The molecule has 2 aromatic rings. The summed E-state index contributed by atoms with van der Waals surface area (Å²) in [6.45, 7) is 6.41. The Bertz CT molecular complexity index is 966. The van der Waals surface area contributed by atoms with Gasteiger partial charge in [0.2, 0.25) is 10.0 Å². The van der Waals surface area contributed by atoms with Crippen LogP contribution in [0.25, 0.3) is 0 Å². The Morgan fingerprint density at radius 3 is 2.33 bits per heavy atom. The second-order valence-corrected chi connectivity index (χ2v) is 9.74. The number of rotatable bonds is 7. The van der Waals surface area contributed by atoms with Crippen LogP contribution in [0.2, 0.25) is 0 Å². The molecule has 0 aromatic heterocycles. The first kappa shape index (κ1) is 22.3. The standard InChI is InChI=1S/C22H29N3O4S/c1-17(2)18-8-10-19(11-9-18)30(27,28)25-14-12-24(13-15-25)16-22(26)23-20-6-4-5-7-21(20)29-3/h4-11,17H,12-16H2,1-3H3,(H,23,26)/p+1. The summed E-state index contributed by atoms with van der Waals surface area (Å²) < 4.78 is 32.6. The van der Waals surface area contributed by atoms with Crippen LogP contribution in [-0.2, 0) is 14.8 Å². The second-order valence-electron chi connectivity index (χ2n) is 7.80. The predicted molar refractivity (Wildman–Crippen MR) is 116 cm³/mol. The van der Waals surface area contributed by atoms with Crippen LogP contribution in [-0.4, -0.2) is 58.5 Å². The third-order valence-corrected chi connectivity index (χ3v) is 7.32. The van der Waals surface area contributed by atoms with Crippen molar-refractivity contribution in [2.45, 2.75) is 24.7 Å². The lowest BCUT2D eigenvalue weighted by molar-refractivity contribution is -0.895. The first-order valence-electron chi connectivity index (χ1n) is 10.2. The van der Waals surface area contributed by atoms with Gasteiger partial charge in [0.1, 0.15) is 5.75 Å². The average molecular weight is 433 g/mol. The molecule has 2 N–H and O–H groups in total. The summed E-state index contributed by atoms with van der Waals surface area (Å²) in [6.07, 6.45) is 0. The number of para-hydroxylation sites is 2. The molecular weight excluding hydrogens is 402 g/mol. The smallest absolute Gasteiger partial charge is 0.279 e. The van der Waals surface area contributed by atoms with E-state index in [-0.39, 0.29) is 12.5 Å². The first-order chi connectivity index (χ1) is 14.3. The Kier molecular flexibility index (Phi) is 7.12. The van der Waals surface area contributed by atoms with Crippen LogP contribution in [0.3, 0.4) is 0 Å². The zero-order valence-corrected chi connectivity index (χ0v) is 18.5. The fraction of sp³-hybridized carbons (Fsp3) is 0.409. The number of hydrogen-bond donors (Lipinski definition) is 2. The molecule has 1 heterocycles. The highest BCUT2D eigenvalue weighted by Crippen LogP contribution is 2.23. The van der Waals surface area contributed by atoms with Crippen LogP contribution in [0.1, 0.15) is 25.3 Å². The van der Waals surface area contributed by atoms with Crippen molar-refractivity contribution in [2.24, 2.45) is 0 Å². The van der Waals surface area contributed by atoms with Gasteiger partial charge in [0, 0.05) is 0 Å². The lowest BCUT2D eigenvalue weighted by Crippen LogP contribution is -3.15. The molecule has 1 aliphatic heterocycles. The zero-order valence-electron chi connectivity index (χ0n) is 17.7. The molecule has 1 aliphatic rings. The summed E-state index contributed by atoms with van der Waals surface area (Å²) in [5.41, 5.74) is 1.75. The van der Waals surface area contributed by atoms with Crippen molar-refractivity contribution >= 4 is 21.6 Å². The minimum Gasteiger partial charge on any atom is -0.495 e. The van der Waals surface area contributed by atoms with E-state index in [9.17, 15) is 13.2 Å². The fourth-order valence-corrected chi connectivity index (χ4v) is 5.00. The summed E-state index contributed by atoms with van der Waals surface area (Å²) in [5.74, 6) is 0.853. The highest BCUT2D eigenvalue weighted by atomic mass is 32.2. The van der Waals surface area contributed by atoms with E-state index in [2.05, 4.69) is 19.2 Å². The quantitative estimate of drug-likeness (QED) is 0.692. The largest absolute Gasteiger partial charge is 0.495 e. The van der Waals surface area contributed by atoms with Crippen molar-refractivity contribution in [3.05, 3.63) is 54.1 Å². The van der Waals surface area contributed by atoms with Crippen molar-refractivity contribution in [1.82, 2.24) is 4.31 Å². The highest BCUT2D eigenvalue weighted by molar-refractivity contribution is 7.89. The Morgan fingerprint density at radius 1 is 1.10 bits per heavy atom. The Morgan fingerprint density at radius 2 is 1.73 bits per heavy atom. The summed E-state index contributed by atoms with van der Waals surface area (Å²) in [4.78, 5) is 13.8. The van der Waals surface area contributed by atoms with Gasteiger partial charge in [-0.2, -0.15) is 4.31 Å². The predicted octanol–water partition coefficient (Wildman–Crippen LogP) is 1.35. The van der Waals surface area contributed by atoms with Gasteiger partial charge in [-0.15, -0.1) is 0 Å². The number of ether oxygens (including phenoxy) is 1. The van der Waals surface area contributed by atoms with E-state index in [0.29, 0.717) is 48.4 Å². The van der Waals surface area contributed by atoms with Crippen LogP contribution >= 0.6 is 0 Å². The maximum atomic E-state index is 12.9. The number of anilines is 1. The van der Waals surface area contributed by atoms with Crippen molar-refractivity contribution in [2.75, 3.05) is 45.2 Å².